The van der Waals surface area contributed by atoms with Gasteiger partial charge in [-0.2, -0.15) is 5.10 Å². The van der Waals surface area contributed by atoms with Gasteiger partial charge in [-0.3, -0.25) is 4.79 Å². The number of hydrogen-bond donors (Lipinski definition) is 1. The molecule has 0 spiro atoms. The first-order chi connectivity index (χ1) is 15.4. The summed E-state index contributed by atoms with van der Waals surface area (Å²) in [4.78, 5) is 26.7. The van der Waals surface area contributed by atoms with Crippen molar-refractivity contribution in [3.63, 3.8) is 0 Å². The number of amides is 1. The number of nitrogens with one attached hydrogen (secondary N) is 1. The van der Waals surface area contributed by atoms with Crippen LogP contribution < -0.4 is 5.69 Å². The van der Waals surface area contributed by atoms with Gasteiger partial charge in [0.25, 0.3) is 0 Å². The van der Waals surface area contributed by atoms with Gasteiger partial charge in [0.15, 0.2) is 0 Å². The van der Waals surface area contributed by atoms with Gasteiger partial charge in [0.2, 0.25) is 5.91 Å². The molecular formula is C24H24ClFN4O2. The number of carbonyl (C=O) groups is 1. The van der Waals surface area contributed by atoms with E-state index in [-0.39, 0.29) is 23.4 Å². The molecule has 1 aliphatic carbocycles. The molecule has 5 rings (SSSR count). The minimum absolute atomic E-state index is 0.157. The highest BCUT2D eigenvalue weighted by Gasteiger charge is 2.37. The summed E-state index contributed by atoms with van der Waals surface area (Å²) in [5.41, 5.74) is 2.11. The van der Waals surface area contributed by atoms with Crippen molar-refractivity contribution >= 4 is 17.5 Å². The van der Waals surface area contributed by atoms with Crippen molar-refractivity contribution in [3.8, 4) is 16.8 Å². The van der Waals surface area contributed by atoms with Gasteiger partial charge in [0.1, 0.15) is 11.6 Å². The Morgan fingerprint density at radius 3 is 2.66 bits per heavy atom. The molecule has 2 heterocycles. The zero-order chi connectivity index (χ0) is 22.4. The molecule has 0 radical (unpaired) electrons. The van der Waals surface area contributed by atoms with Crippen molar-refractivity contribution in [1.82, 2.24) is 19.7 Å². The number of aromatic amines is 1. The molecule has 1 saturated carbocycles. The van der Waals surface area contributed by atoms with E-state index in [9.17, 15) is 9.59 Å². The third-order valence-electron chi connectivity index (χ3n) is 6.43. The number of likely N-dealkylation sites (tertiary alicyclic amines) is 1. The molecule has 2 aromatic carbocycles. The van der Waals surface area contributed by atoms with Crippen LogP contribution in [0.25, 0.3) is 16.8 Å². The molecule has 166 valence electrons. The van der Waals surface area contributed by atoms with Crippen LogP contribution in [0.5, 0.6) is 0 Å². The third kappa shape index (κ3) is 3.97. The summed E-state index contributed by atoms with van der Waals surface area (Å²) < 4.78 is 16.4. The van der Waals surface area contributed by atoms with E-state index in [0.29, 0.717) is 29.4 Å². The van der Waals surface area contributed by atoms with Crippen LogP contribution in [0.4, 0.5) is 4.39 Å². The van der Waals surface area contributed by atoms with Crippen LogP contribution >= 0.6 is 11.6 Å². The van der Waals surface area contributed by atoms with Crippen molar-refractivity contribution in [1.29, 1.82) is 0 Å². The van der Waals surface area contributed by atoms with Gasteiger partial charge in [0, 0.05) is 30.5 Å². The predicted octanol–water partition coefficient (Wildman–Crippen LogP) is 4.13. The predicted molar refractivity (Wildman–Crippen MR) is 120 cm³/mol. The molecule has 0 unspecified atom stereocenters. The monoisotopic (exact) mass is 454 g/mol. The van der Waals surface area contributed by atoms with E-state index in [2.05, 4.69) is 10.2 Å². The van der Waals surface area contributed by atoms with E-state index in [1.807, 2.05) is 24.0 Å². The number of halogens is 2. The van der Waals surface area contributed by atoms with Crippen molar-refractivity contribution in [3.05, 3.63) is 69.1 Å². The van der Waals surface area contributed by atoms with Crippen molar-refractivity contribution < 1.29 is 9.18 Å². The standard InChI is InChI=1S/C24H24ClFN4O2/c1-14-2-3-17(11-19(14)25)18-6-7-21(20(26)12-18)30-22(27-28-24(30)32)10-15-8-9-29(13-15)23(31)16-4-5-16/h2-3,6-7,11-12,15-16H,4-5,8-10,13H2,1H3,(H,28,32)/t15-/m0/s1. The topological polar surface area (TPSA) is 71.0 Å². The molecule has 2 aliphatic rings. The molecule has 1 amide bonds. The van der Waals surface area contributed by atoms with E-state index < -0.39 is 11.5 Å². The molecule has 1 atom stereocenters. The summed E-state index contributed by atoms with van der Waals surface area (Å²) >= 11 is 6.21. The molecule has 1 N–H and O–H groups in total. The minimum Gasteiger partial charge on any atom is -0.342 e. The van der Waals surface area contributed by atoms with Gasteiger partial charge in [-0.15, -0.1) is 0 Å². The van der Waals surface area contributed by atoms with Crippen molar-refractivity contribution in [2.24, 2.45) is 11.8 Å². The zero-order valence-corrected chi connectivity index (χ0v) is 18.5. The quantitative estimate of drug-likeness (QED) is 0.630. The lowest BCUT2D eigenvalue weighted by Crippen LogP contribution is -2.30. The first-order valence-corrected chi connectivity index (χ1v) is 11.3. The minimum atomic E-state index is -0.513. The molecule has 32 heavy (non-hydrogen) atoms. The molecule has 3 aromatic rings. The van der Waals surface area contributed by atoms with E-state index in [1.165, 1.54) is 10.6 Å². The summed E-state index contributed by atoms with van der Waals surface area (Å²) in [6.45, 7) is 3.30. The maximum atomic E-state index is 15.1. The lowest BCUT2D eigenvalue weighted by atomic mass is 10.0. The summed E-state index contributed by atoms with van der Waals surface area (Å²) in [5, 5.41) is 7.22. The zero-order valence-electron chi connectivity index (χ0n) is 17.8. The van der Waals surface area contributed by atoms with Crippen LogP contribution in [-0.2, 0) is 11.2 Å². The van der Waals surface area contributed by atoms with Crippen LogP contribution in [-0.4, -0.2) is 38.7 Å². The number of benzene rings is 2. The second-order valence-corrected chi connectivity index (χ2v) is 9.24. The van der Waals surface area contributed by atoms with Crippen LogP contribution in [0.2, 0.25) is 5.02 Å². The smallest absolute Gasteiger partial charge is 0.342 e. The number of aryl methyl sites for hydroxylation is 1. The summed E-state index contributed by atoms with van der Waals surface area (Å²) in [6.07, 6.45) is 3.34. The van der Waals surface area contributed by atoms with Crippen LogP contribution in [0.1, 0.15) is 30.7 Å². The second kappa shape index (κ2) is 8.20. The summed E-state index contributed by atoms with van der Waals surface area (Å²) in [5.74, 6) is 0.605. The number of rotatable bonds is 5. The van der Waals surface area contributed by atoms with Gasteiger partial charge in [-0.05, 0) is 67.0 Å². The van der Waals surface area contributed by atoms with Gasteiger partial charge >= 0.3 is 5.69 Å². The highest BCUT2D eigenvalue weighted by molar-refractivity contribution is 6.31. The number of H-pyrrole nitrogens is 1. The first-order valence-electron chi connectivity index (χ1n) is 10.9. The summed E-state index contributed by atoms with van der Waals surface area (Å²) in [6, 6.07) is 10.4. The van der Waals surface area contributed by atoms with E-state index >= 15 is 4.39 Å². The lowest BCUT2D eigenvalue weighted by molar-refractivity contribution is -0.131. The van der Waals surface area contributed by atoms with Gasteiger partial charge < -0.3 is 4.90 Å². The molecule has 6 nitrogen and oxygen atoms in total. The van der Waals surface area contributed by atoms with Gasteiger partial charge in [-0.1, -0.05) is 29.8 Å². The van der Waals surface area contributed by atoms with Gasteiger partial charge in [-0.25, -0.2) is 18.9 Å². The Hall–Kier alpha value is -2.93. The Morgan fingerprint density at radius 2 is 1.94 bits per heavy atom. The van der Waals surface area contributed by atoms with E-state index in [0.717, 1.165) is 36.9 Å². The average Bonchev–Trinajstić information content (AvgIpc) is 3.43. The molecule has 0 bridgehead atoms. The number of nitrogens with zero attached hydrogens (tertiary/aromatic N) is 3. The Morgan fingerprint density at radius 1 is 1.19 bits per heavy atom. The number of carbonyl (C=O) groups excluding carboxylic acids is 1. The molecule has 1 aliphatic heterocycles. The van der Waals surface area contributed by atoms with Gasteiger partial charge in [0.05, 0.1) is 5.69 Å². The Bertz CT molecular complexity index is 1250. The van der Waals surface area contributed by atoms with Crippen molar-refractivity contribution in [2.45, 2.75) is 32.6 Å². The average molecular weight is 455 g/mol. The Kier molecular flexibility index (Phi) is 5.37. The fourth-order valence-electron chi connectivity index (χ4n) is 4.40. The lowest BCUT2D eigenvalue weighted by Gasteiger charge is -2.16. The van der Waals surface area contributed by atoms with Crippen LogP contribution in [0.3, 0.4) is 0 Å². The largest absolute Gasteiger partial charge is 0.348 e. The maximum Gasteiger partial charge on any atom is 0.348 e. The summed E-state index contributed by atoms with van der Waals surface area (Å²) in [7, 11) is 0. The third-order valence-corrected chi connectivity index (χ3v) is 6.84. The highest BCUT2D eigenvalue weighted by Crippen LogP contribution is 2.33. The Balaban J connectivity index is 1.38. The fraction of sp³-hybridized carbons (Fsp3) is 0.375. The van der Waals surface area contributed by atoms with Crippen molar-refractivity contribution in [2.75, 3.05) is 13.1 Å². The molecule has 8 heteroatoms. The van der Waals surface area contributed by atoms with E-state index in [1.54, 1.807) is 18.2 Å². The molecular weight excluding hydrogens is 431 g/mol. The first kappa shape index (κ1) is 20.9. The molecule has 1 saturated heterocycles. The molecule has 2 fully saturated rings. The fourth-order valence-corrected chi connectivity index (χ4v) is 4.58. The molecule has 1 aromatic heterocycles. The number of hydrogen-bond acceptors (Lipinski definition) is 3. The van der Waals surface area contributed by atoms with Crippen LogP contribution in [0, 0.1) is 24.6 Å². The second-order valence-electron chi connectivity index (χ2n) is 8.83. The highest BCUT2D eigenvalue weighted by atomic mass is 35.5. The van der Waals surface area contributed by atoms with E-state index in [4.69, 9.17) is 11.6 Å². The Labute approximate surface area is 190 Å². The SMILES string of the molecule is Cc1ccc(-c2ccc(-n3c(C[C@@H]4CCN(C(=O)C5CC5)C4)n[nH]c3=O)c(F)c2)cc1Cl. The number of aromatic nitrogens is 3. The van der Waals surface area contributed by atoms with Crippen LogP contribution in [0.15, 0.2) is 41.2 Å². The normalized spacial score (nSPS) is 18.3. The maximum absolute atomic E-state index is 15.1.